The van der Waals surface area contributed by atoms with Crippen molar-refractivity contribution < 1.29 is 9.32 Å². The molecule has 0 N–H and O–H groups in total. The standard InChI is InChI=1S/C19H24N2O2S.CH4/c1-12-18(13(2)23-20-12)17-10-15(11-24-17)19(22)21-9-5-7-14-6-3-4-8-16(14)21;/h10-11,14,16H,3-9H2,1-2H3;1H4. The van der Waals surface area contributed by atoms with Crippen LogP contribution < -0.4 is 0 Å². The lowest BCUT2D eigenvalue weighted by atomic mass is 9.78. The molecule has 25 heavy (non-hydrogen) atoms. The molecule has 0 bridgehead atoms. The molecule has 2 unspecified atom stereocenters. The third kappa shape index (κ3) is 3.26. The summed E-state index contributed by atoms with van der Waals surface area (Å²) in [6.07, 6.45) is 7.51. The molecule has 0 aromatic carbocycles. The molecule has 136 valence electrons. The van der Waals surface area contributed by atoms with Gasteiger partial charge in [0.2, 0.25) is 0 Å². The van der Waals surface area contributed by atoms with E-state index in [1.165, 1.54) is 32.1 Å². The summed E-state index contributed by atoms with van der Waals surface area (Å²) >= 11 is 1.61. The highest BCUT2D eigenvalue weighted by molar-refractivity contribution is 7.13. The molecule has 0 spiro atoms. The zero-order chi connectivity index (χ0) is 16.7. The van der Waals surface area contributed by atoms with E-state index in [1.807, 2.05) is 25.3 Å². The quantitative estimate of drug-likeness (QED) is 0.715. The lowest BCUT2D eigenvalue weighted by Crippen LogP contribution is -2.49. The maximum Gasteiger partial charge on any atom is 0.254 e. The van der Waals surface area contributed by atoms with Crippen molar-refractivity contribution in [3.8, 4) is 10.4 Å². The highest BCUT2D eigenvalue weighted by atomic mass is 32.1. The predicted molar refractivity (Wildman–Crippen MR) is 102 cm³/mol. The molecule has 2 aliphatic rings. The molecule has 2 aromatic rings. The van der Waals surface area contributed by atoms with E-state index in [4.69, 9.17) is 4.52 Å². The van der Waals surface area contributed by atoms with Gasteiger partial charge >= 0.3 is 0 Å². The van der Waals surface area contributed by atoms with Crippen LogP contribution in [-0.4, -0.2) is 28.6 Å². The van der Waals surface area contributed by atoms with E-state index in [1.54, 1.807) is 11.3 Å². The minimum Gasteiger partial charge on any atom is -0.361 e. The van der Waals surface area contributed by atoms with Gasteiger partial charge < -0.3 is 9.42 Å². The van der Waals surface area contributed by atoms with Crippen LogP contribution in [-0.2, 0) is 0 Å². The molecular formula is C20H28N2O2S. The van der Waals surface area contributed by atoms with E-state index in [9.17, 15) is 4.79 Å². The molecule has 5 heteroatoms. The summed E-state index contributed by atoms with van der Waals surface area (Å²) < 4.78 is 5.27. The average Bonchev–Trinajstić information content (AvgIpc) is 3.20. The first-order valence-electron chi connectivity index (χ1n) is 8.98. The van der Waals surface area contributed by atoms with Gasteiger partial charge in [-0.15, -0.1) is 11.3 Å². The molecule has 1 amide bonds. The van der Waals surface area contributed by atoms with Crippen LogP contribution in [0.2, 0.25) is 0 Å². The van der Waals surface area contributed by atoms with Crippen molar-refractivity contribution in [1.29, 1.82) is 0 Å². The van der Waals surface area contributed by atoms with Crippen molar-refractivity contribution in [3.63, 3.8) is 0 Å². The van der Waals surface area contributed by atoms with E-state index >= 15 is 0 Å². The van der Waals surface area contributed by atoms with Crippen molar-refractivity contribution in [2.75, 3.05) is 6.54 Å². The Labute approximate surface area is 154 Å². The van der Waals surface area contributed by atoms with Gasteiger partial charge in [0.05, 0.1) is 16.8 Å². The Morgan fingerprint density at radius 2 is 2.00 bits per heavy atom. The fourth-order valence-electron chi connectivity index (χ4n) is 4.46. The van der Waals surface area contributed by atoms with Gasteiger partial charge in [-0.2, -0.15) is 0 Å². The molecule has 3 heterocycles. The van der Waals surface area contributed by atoms with Gasteiger partial charge in [0.15, 0.2) is 0 Å². The van der Waals surface area contributed by atoms with Crippen molar-refractivity contribution >= 4 is 17.2 Å². The maximum atomic E-state index is 13.1. The van der Waals surface area contributed by atoms with Gasteiger partial charge in [-0.05, 0) is 51.5 Å². The third-order valence-corrected chi connectivity index (χ3v) is 6.58. The topological polar surface area (TPSA) is 46.3 Å². The van der Waals surface area contributed by atoms with E-state index in [0.717, 1.165) is 46.3 Å². The normalized spacial score (nSPS) is 23.0. The highest BCUT2D eigenvalue weighted by Gasteiger charge is 2.36. The van der Waals surface area contributed by atoms with Crippen LogP contribution >= 0.6 is 11.3 Å². The van der Waals surface area contributed by atoms with Gasteiger partial charge in [-0.3, -0.25) is 4.79 Å². The average molecular weight is 361 g/mol. The number of hydrogen-bond acceptors (Lipinski definition) is 4. The Balaban J connectivity index is 0.00000182. The maximum absolute atomic E-state index is 13.1. The van der Waals surface area contributed by atoms with Crippen molar-refractivity contribution in [1.82, 2.24) is 10.1 Å². The molecule has 4 rings (SSSR count). The molecule has 0 radical (unpaired) electrons. The Kier molecular flexibility index (Phi) is 5.32. The molecule has 1 aliphatic heterocycles. The van der Waals surface area contributed by atoms with Crippen molar-refractivity contribution in [2.24, 2.45) is 5.92 Å². The molecule has 1 saturated carbocycles. The van der Waals surface area contributed by atoms with Crippen LogP contribution in [0.25, 0.3) is 10.4 Å². The number of carbonyl (C=O) groups is 1. The predicted octanol–water partition coefficient (Wildman–Crippen LogP) is 5.45. The zero-order valence-corrected chi connectivity index (χ0v) is 15.2. The second-order valence-electron chi connectivity index (χ2n) is 7.15. The summed E-state index contributed by atoms with van der Waals surface area (Å²) in [6, 6.07) is 2.48. The molecule has 2 aromatic heterocycles. The SMILES string of the molecule is C.Cc1noc(C)c1-c1cc(C(=O)N2CCCC3CCCCC32)cs1. The Bertz CT molecular complexity index is 727. The number of fused-ring (bicyclic) bond motifs is 1. The molecule has 2 atom stereocenters. The number of piperidine rings is 1. The van der Waals surface area contributed by atoms with E-state index in [2.05, 4.69) is 10.1 Å². The smallest absolute Gasteiger partial charge is 0.254 e. The minimum atomic E-state index is 0. The van der Waals surface area contributed by atoms with E-state index in [-0.39, 0.29) is 13.3 Å². The number of carbonyl (C=O) groups excluding carboxylic acids is 1. The Morgan fingerprint density at radius 3 is 2.76 bits per heavy atom. The van der Waals surface area contributed by atoms with E-state index in [0.29, 0.717) is 6.04 Å². The van der Waals surface area contributed by atoms with Crippen molar-refractivity contribution in [3.05, 3.63) is 28.5 Å². The van der Waals surface area contributed by atoms with Gasteiger partial charge in [0.25, 0.3) is 5.91 Å². The fraction of sp³-hybridized carbons (Fsp3) is 0.600. The number of thiophene rings is 1. The van der Waals surface area contributed by atoms with Gasteiger partial charge in [0, 0.05) is 22.8 Å². The lowest BCUT2D eigenvalue weighted by molar-refractivity contribution is 0.0391. The van der Waals surface area contributed by atoms with Crippen LogP contribution in [0.1, 0.15) is 67.8 Å². The largest absolute Gasteiger partial charge is 0.361 e. The first-order valence-corrected chi connectivity index (χ1v) is 9.86. The number of amides is 1. The third-order valence-electron chi connectivity index (χ3n) is 5.63. The molecular weight excluding hydrogens is 332 g/mol. The number of rotatable bonds is 2. The Morgan fingerprint density at radius 1 is 1.24 bits per heavy atom. The number of hydrogen-bond donors (Lipinski definition) is 0. The summed E-state index contributed by atoms with van der Waals surface area (Å²) in [7, 11) is 0. The first-order chi connectivity index (χ1) is 11.6. The summed E-state index contributed by atoms with van der Waals surface area (Å²) in [4.78, 5) is 16.3. The summed E-state index contributed by atoms with van der Waals surface area (Å²) in [6.45, 7) is 4.79. The van der Waals surface area contributed by atoms with Crippen LogP contribution in [0.3, 0.4) is 0 Å². The first kappa shape index (κ1) is 18.2. The number of aromatic nitrogens is 1. The number of aryl methyl sites for hydroxylation is 2. The monoisotopic (exact) mass is 360 g/mol. The summed E-state index contributed by atoms with van der Waals surface area (Å²) in [5.41, 5.74) is 2.74. The van der Waals surface area contributed by atoms with E-state index < -0.39 is 0 Å². The van der Waals surface area contributed by atoms with Gasteiger partial charge in [-0.1, -0.05) is 25.4 Å². The lowest BCUT2D eigenvalue weighted by Gasteiger charge is -2.44. The highest BCUT2D eigenvalue weighted by Crippen LogP contribution is 2.37. The zero-order valence-electron chi connectivity index (χ0n) is 14.4. The summed E-state index contributed by atoms with van der Waals surface area (Å²) in [5, 5.41) is 6.02. The van der Waals surface area contributed by atoms with Gasteiger partial charge in [0.1, 0.15) is 5.76 Å². The molecule has 1 saturated heterocycles. The van der Waals surface area contributed by atoms with Crippen LogP contribution in [0.4, 0.5) is 0 Å². The Hall–Kier alpha value is -1.62. The number of likely N-dealkylation sites (tertiary alicyclic amines) is 1. The summed E-state index contributed by atoms with van der Waals surface area (Å²) in [5.74, 6) is 1.75. The molecule has 1 aliphatic carbocycles. The molecule has 2 fully saturated rings. The fourth-order valence-corrected chi connectivity index (χ4v) is 5.48. The van der Waals surface area contributed by atoms with Crippen molar-refractivity contribution in [2.45, 2.75) is 65.8 Å². The van der Waals surface area contributed by atoms with Crippen LogP contribution in [0.5, 0.6) is 0 Å². The number of nitrogens with zero attached hydrogens (tertiary/aromatic N) is 2. The second-order valence-corrected chi connectivity index (χ2v) is 8.06. The van der Waals surface area contributed by atoms with Crippen LogP contribution in [0, 0.1) is 19.8 Å². The second kappa shape index (κ2) is 7.32. The molecule has 4 nitrogen and oxygen atoms in total. The van der Waals surface area contributed by atoms with Crippen LogP contribution in [0.15, 0.2) is 16.0 Å². The minimum absolute atomic E-state index is 0. The van der Waals surface area contributed by atoms with Gasteiger partial charge in [-0.25, -0.2) is 0 Å².